The zero-order valence-electron chi connectivity index (χ0n) is 26.3. The van der Waals surface area contributed by atoms with Gasteiger partial charge in [-0.05, 0) is 73.3 Å². The molecule has 2 amide bonds. The minimum atomic E-state index is -0.724. The summed E-state index contributed by atoms with van der Waals surface area (Å²) >= 11 is 5.97. The van der Waals surface area contributed by atoms with E-state index in [0.29, 0.717) is 22.9 Å². The molecule has 1 aliphatic carbocycles. The van der Waals surface area contributed by atoms with Crippen molar-refractivity contribution in [1.29, 1.82) is 0 Å². The molecule has 4 rings (SSSR count). The van der Waals surface area contributed by atoms with Gasteiger partial charge in [-0.3, -0.25) is 30.8 Å². The molecule has 5 N–H and O–H groups in total. The quantitative estimate of drug-likeness (QED) is 0.110. The molecule has 1 unspecified atom stereocenters. The third-order valence-electron chi connectivity index (χ3n) is 9.52. The number of halogens is 2. The highest BCUT2D eigenvalue weighted by Crippen LogP contribution is 2.50. The van der Waals surface area contributed by atoms with Gasteiger partial charge in [0, 0.05) is 18.2 Å². The maximum absolute atomic E-state index is 14.6. The molecule has 1 atom stereocenters. The molecule has 11 heteroatoms. The number of hydrazine groups is 2. The van der Waals surface area contributed by atoms with Gasteiger partial charge in [-0.25, -0.2) is 4.39 Å². The van der Waals surface area contributed by atoms with Gasteiger partial charge >= 0.3 is 0 Å². The van der Waals surface area contributed by atoms with E-state index >= 15 is 0 Å². The number of carbonyl (C=O) groups is 2. The number of nitrogens with one attached hydrogen (secondary N) is 3. The molecule has 1 heterocycles. The summed E-state index contributed by atoms with van der Waals surface area (Å²) in [5, 5.41) is 2.83. The number of nitrogens with zero attached hydrogens (tertiary/aromatic N) is 3. The van der Waals surface area contributed by atoms with Gasteiger partial charge in [-0.1, -0.05) is 70.3 Å². The van der Waals surface area contributed by atoms with Crippen molar-refractivity contribution in [3.8, 4) is 0 Å². The lowest BCUT2D eigenvalue weighted by Gasteiger charge is -2.48. The molecule has 1 fully saturated rings. The van der Waals surface area contributed by atoms with Crippen molar-refractivity contribution in [3.63, 3.8) is 0 Å². The first kappa shape index (κ1) is 33.6. The number of hydrogen-bond acceptors (Lipinski definition) is 6. The molecule has 0 bridgehead atoms. The van der Waals surface area contributed by atoms with Gasteiger partial charge in [-0.15, -0.1) is 0 Å². The molecule has 1 aliphatic heterocycles. The molecule has 2 aromatic carbocycles. The van der Waals surface area contributed by atoms with Crippen molar-refractivity contribution >= 4 is 35.0 Å². The van der Waals surface area contributed by atoms with Crippen LogP contribution in [0.15, 0.2) is 52.4 Å². The Bertz CT molecular complexity index is 1400. The van der Waals surface area contributed by atoms with Gasteiger partial charge in [0.2, 0.25) is 0 Å². The largest absolute Gasteiger partial charge is 0.345 e. The average molecular weight is 626 g/mol. The molecule has 1 saturated carbocycles. The van der Waals surface area contributed by atoms with Crippen LogP contribution in [-0.2, 0) is 4.79 Å². The Hall–Kier alpha value is -3.34. The molecule has 44 heavy (non-hydrogen) atoms. The van der Waals surface area contributed by atoms with E-state index in [1.54, 1.807) is 25.2 Å². The lowest BCUT2D eigenvalue weighted by atomic mass is 9.67. The summed E-state index contributed by atoms with van der Waals surface area (Å²) < 4.78 is 14.6. The number of carbonyl (C=O) groups excluding carboxylic acids is 2. The zero-order valence-corrected chi connectivity index (χ0v) is 27.1. The second-order valence-electron chi connectivity index (χ2n) is 12.4. The number of aliphatic imine (C=N–C) groups is 2. The van der Waals surface area contributed by atoms with E-state index in [0.717, 1.165) is 50.5 Å². The van der Waals surface area contributed by atoms with Crippen LogP contribution in [0.2, 0.25) is 5.02 Å². The van der Waals surface area contributed by atoms with Crippen molar-refractivity contribution in [1.82, 2.24) is 21.2 Å². The second-order valence-corrected chi connectivity index (χ2v) is 12.8. The summed E-state index contributed by atoms with van der Waals surface area (Å²) in [5.41, 5.74) is 6.56. The van der Waals surface area contributed by atoms with Gasteiger partial charge in [-0.2, -0.15) is 5.53 Å². The molecule has 0 saturated heterocycles. The molecule has 1 spiro atoms. The fourth-order valence-electron chi connectivity index (χ4n) is 6.48. The summed E-state index contributed by atoms with van der Waals surface area (Å²) in [6.07, 6.45) is 6.01. The fraction of sp³-hybridized carbons (Fsp3) is 0.515. The number of benzene rings is 2. The highest BCUT2D eigenvalue weighted by Gasteiger charge is 2.52. The minimum absolute atomic E-state index is 0.00664. The summed E-state index contributed by atoms with van der Waals surface area (Å²) in [5.74, 6) is 5.25. The first-order valence-corrected chi connectivity index (χ1v) is 15.8. The lowest BCUT2D eigenvalue weighted by molar-refractivity contribution is -0.133. The molecular formula is C33H45ClFN7O2. The first-order valence-electron chi connectivity index (χ1n) is 15.4. The monoisotopic (exact) mass is 625 g/mol. The third-order valence-corrected chi connectivity index (χ3v) is 9.83. The van der Waals surface area contributed by atoms with Crippen LogP contribution in [0.25, 0.3) is 0 Å². The van der Waals surface area contributed by atoms with Crippen molar-refractivity contribution < 1.29 is 14.0 Å². The summed E-state index contributed by atoms with van der Waals surface area (Å²) in [6, 6.07) is 11.6. The highest BCUT2D eigenvalue weighted by atomic mass is 35.5. The Labute approximate surface area is 264 Å². The van der Waals surface area contributed by atoms with Crippen molar-refractivity contribution in [3.05, 3.63) is 70.0 Å². The van der Waals surface area contributed by atoms with Crippen molar-refractivity contribution in [2.24, 2.45) is 27.2 Å². The highest BCUT2D eigenvalue weighted by molar-refractivity contribution is 6.47. The summed E-state index contributed by atoms with van der Waals surface area (Å²) in [7, 11) is 1.59. The SMILES string of the molecule is CCCC(c1ccc(C(=O)NCC(=NC)NNN)cc1)N1C(=O)C(c2ccc(Cl)c(F)c2)=NC12CCC(C(C)(C)CC)CC2. The molecule has 2 aromatic rings. The van der Waals surface area contributed by atoms with Gasteiger partial charge in [0.15, 0.2) is 0 Å². The van der Waals surface area contributed by atoms with Crippen LogP contribution in [0.3, 0.4) is 0 Å². The van der Waals surface area contributed by atoms with Gasteiger partial charge in [0.05, 0.1) is 17.6 Å². The number of amidine groups is 1. The third kappa shape index (κ3) is 6.98. The van der Waals surface area contributed by atoms with Crippen LogP contribution in [0.4, 0.5) is 4.39 Å². The van der Waals surface area contributed by atoms with Gasteiger partial charge < -0.3 is 10.2 Å². The van der Waals surface area contributed by atoms with Crippen LogP contribution in [0.5, 0.6) is 0 Å². The number of hydrogen-bond donors (Lipinski definition) is 4. The standard InChI is InChI=1S/C33H45ClFN7O2/c1-6-8-27(21-9-11-22(12-10-21)30(43)38-20-28(37-5)40-41-36)42-31(44)29(23-13-14-25(34)26(35)19-23)39-33(42)17-15-24(16-18-33)32(3,4)7-2/h9-14,19,24,27,41H,6-8,15-18,20,36H2,1-5H3,(H,37,40)(H,38,43). The molecule has 9 nitrogen and oxygen atoms in total. The van der Waals surface area contributed by atoms with Gasteiger partial charge in [0.1, 0.15) is 23.0 Å². The van der Waals surface area contributed by atoms with E-state index in [2.05, 4.69) is 49.0 Å². The predicted molar refractivity (Wildman–Crippen MR) is 174 cm³/mol. The summed E-state index contributed by atoms with van der Waals surface area (Å²) in [4.78, 5) is 38.3. The Morgan fingerprint density at radius 3 is 2.45 bits per heavy atom. The Morgan fingerprint density at radius 2 is 1.89 bits per heavy atom. The van der Waals surface area contributed by atoms with Gasteiger partial charge in [0.25, 0.3) is 11.8 Å². The van der Waals surface area contributed by atoms with Crippen LogP contribution < -0.4 is 22.1 Å². The Balaban J connectivity index is 1.67. The maximum atomic E-state index is 14.6. The fourth-order valence-corrected chi connectivity index (χ4v) is 6.60. The predicted octanol–water partition coefficient (Wildman–Crippen LogP) is 5.70. The molecule has 0 aromatic heterocycles. The van der Waals surface area contributed by atoms with Crippen LogP contribution in [0.1, 0.15) is 100 Å². The zero-order chi connectivity index (χ0) is 32.1. The van der Waals surface area contributed by atoms with Crippen LogP contribution in [-0.4, -0.2) is 47.5 Å². The van der Waals surface area contributed by atoms with Crippen LogP contribution >= 0.6 is 11.6 Å². The van der Waals surface area contributed by atoms with E-state index in [4.69, 9.17) is 22.4 Å². The normalized spacial score (nSPS) is 21.4. The first-order chi connectivity index (χ1) is 21.0. The summed E-state index contributed by atoms with van der Waals surface area (Å²) in [6.45, 7) is 9.13. The van der Waals surface area contributed by atoms with E-state index in [-0.39, 0.29) is 40.6 Å². The number of nitrogens with two attached hydrogens (primary N) is 1. The molecule has 2 aliphatic rings. The van der Waals surface area contributed by atoms with E-state index in [9.17, 15) is 14.0 Å². The van der Waals surface area contributed by atoms with E-state index < -0.39 is 11.5 Å². The number of rotatable bonds is 11. The second kappa shape index (κ2) is 14.2. The van der Waals surface area contributed by atoms with Crippen molar-refractivity contribution in [2.75, 3.05) is 13.6 Å². The smallest absolute Gasteiger partial charge is 0.275 e. The van der Waals surface area contributed by atoms with Crippen LogP contribution in [0, 0.1) is 17.2 Å². The van der Waals surface area contributed by atoms with Crippen molar-refractivity contribution in [2.45, 2.75) is 84.3 Å². The van der Waals surface area contributed by atoms with E-state index in [1.165, 1.54) is 12.1 Å². The Kier molecular flexibility index (Phi) is 10.8. The molecule has 0 radical (unpaired) electrons. The molecule has 238 valence electrons. The average Bonchev–Trinajstić information content (AvgIpc) is 3.30. The lowest BCUT2D eigenvalue weighted by Crippen LogP contribution is -2.51. The minimum Gasteiger partial charge on any atom is -0.345 e. The maximum Gasteiger partial charge on any atom is 0.275 e. The molecular weight excluding hydrogens is 581 g/mol. The number of amides is 2. The Morgan fingerprint density at radius 1 is 1.20 bits per heavy atom. The topological polar surface area (TPSA) is 124 Å². The van der Waals surface area contributed by atoms with E-state index in [1.807, 2.05) is 17.0 Å².